The van der Waals surface area contributed by atoms with Crippen LogP contribution in [0.25, 0.3) is 27.5 Å². The summed E-state index contributed by atoms with van der Waals surface area (Å²) in [4.78, 5) is 5.85. The third kappa shape index (κ3) is 2.13. The molecule has 0 aliphatic rings. The van der Waals surface area contributed by atoms with Crippen LogP contribution in [0, 0.1) is 0 Å². The molecular formula is C16H10ClN3S. The molecule has 0 saturated heterocycles. The van der Waals surface area contributed by atoms with Gasteiger partial charge < -0.3 is 0 Å². The Kier molecular flexibility index (Phi) is 2.98. The van der Waals surface area contributed by atoms with E-state index in [2.05, 4.69) is 23.3 Å². The van der Waals surface area contributed by atoms with Gasteiger partial charge in [-0.15, -0.1) is 11.3 Å². The van der Waals surface area contributed by atoms with Crippen molar-refractivity contribution >= 4 is 28.6 Å². The molecule has 0 saturated carbocycles. The SMILES string of the molecule is Clc1ccc2nc(-c3ccccc3)c(-c3cccs3)n2n1. The summed E-state index contributed by atoms with van der Waals surface area (Å²) < 4.78 is 1.82. The molecule has 21 heavy (non-hydrogen) atoms. The number of rotatable bonds is 2. The molecule has 5 heteroatoms. The number of halogens is 1. The second-order valence-corrected chi connectivity index (χ2v) is 5.91. The van der Waals surface area contributed by atoms with Gasteiger partial charge in [0.15, 0.2) is 5.65 Å². The third-order valence-electron chi connectivity index (χ3n) is 3.25. The minimum atomic E-state index is 0.456. The van der Waals surface area contributed by atoms with Crippen molar-refractivity contribution in [2.75, 3.05) is 0 Å². The summed E-state index contributed by atoms with van der Waals surface area (Å²) in [5, 5.41) is 6.91. The number of hydrogen-bond acceptors (Lipinski definition) is 3. The van der Waals surface area contributed by atoms with E-state index >= 15 is 0 Å². The topological polar surface area (TPSA) is 30.2 Å². The highest BCUT2D eigenvalue weighted by Crippen LogP contribution is 2.34. The van der Waals surface area contributed by atoms with E-state index in [9.17, 15) is 0 Å². The lowest BCUT2D eigenvalue weighted by atomic mass is 10.1. The van der Waals surface area contributed by atoms with Gasteiger partial charge in [0.25, 0.3) is 0 Å². The summed E-state index contributed by atoms with van der Waals surface area (Å²) in [6.07, 6.45) is 0. The van der Waals surface area contributed by atoms with Gasteiger partial charge in [0.05, 0.1) is 10.6 Å². The highest BCUT2D eigenvalue weighted by atomic mass is 35.5. The van der Waals surface area contributed by atoms with Crippen LogP contribution in [0.3, 0.4) is 0 Å². The molecule has 0 unspecified atom stereocenters. The maximum atomic E-state index is 6.05. The summed E-state index contributed by atoms with van der Waals surface area (Å²) in [6, 6.07) is 17.9. The average Bonchev–Trinajstić information content (AvgIpc) is 3.14. The number of hydrogen-bond donors (Lipinski definition) is 0. The van der Waals surface area contributed by atoms with Crippen LogP contribution < -0.4 is 0 Å². The zero-order chi connectivity index (χ0) is 14.2. The van der Waals surface area contributed by atoms with Crippen LogP contribution in [-0.2, 0) is 0 Å². The largest absolute Gasteiger partial charge is 0.226 e. The van der Waals surface area contributed by atoms with E-state index < -0.39 is 0 Å². The Morgan fingerprint density at radius 3 is 2.57 bits per heavy atom. The molecule has 0 N–H and O–H groups in total. The predicted molar refractivity (Wildman–Crippen MR) is 86.7 cm³/mol. The smallest absolute Gasteiger partial charge is 0.155 e. The number of fused-ring (bicyclic) bond motifs is 1. The molecular weight excluding hydrogens is 302 g/mol. The summed E-state index contributed by atoms with van der Waals surface area (Å²) >= 11 is 7.72. The lowest BCUT2D eigenvalue weighted by molar-refractivity contribution is 0.945. The van der Waals surface area contributed by atoms with Crippen LogP contribution in [-0.4, -0.2) is 14.6 Å². The molecule has 0 amide bonds. The van der Waals surface area contributed by atoms with E-state index in [-0.39, 0.29) is 0 Å². The zero-order valence-corrected chi connectivity index (χ0v) is 12.5. The molecule has 0 spiro atoms. The normalized spacial score (nSPS) is 11.1. The van der Waals surface area contributed by atoms with E-state index in [1.165, 1.54) is 0 Å². The molecule has 3 heterocycles. The molecule has 3 aromatic heterocycles. The molecule has 3 nitrogen and oxygen atoms in total. The molecule has 0 aliphatic heterocycles. The first-order valence-electron chi connectivity index (χ1n) is 6.47. The van der Waals surface area contributed by atoms with Gasteiger partial charge in [-0.3, -0.25) is 0 Å². The summed E-state index contributed by atoms with van der Waals surface area (Å²) in [6.45, 7) is 0. The first kappa shape index (κ1) is 12.6. The lowest BCUT2D eigenvalue weighted by Gasteiger charge is -2.02. The van der Waals surface area contributed by atoms with Gasteiger partial charge in [0, 0.05) is 5.56 Å². The van der Waals surface area contributed by atoms with Gasteiger partial charge in [0.1, 0.15) is 10.8 Å². The Hall–Kier alpha value is -2.17. The van der Waals surface area contributed by atoms with Crippen molar-refractivity contribution in [3.05, 3.63) is 65.1 Å². The maximum absolute atomic E-state index is 6.05. The Balaban J connectivity index is 2.09. The van der Waals surface area contributed by atoms with Crippen LogP contribution in [0.4, 0.5) is 0 Å². The molecule has 4 aromatic rings. The van der Waals surface area contributed by atoms with Crippen molar-refractivity contribution in [2.24, 2.45) is 0 Å². The molecule has 0 bridgehead atoms. The van der Waals surface area contributed by atoms with Gasteiger partial charge in [-0.25, -0.2) is 9.50 Å². The van der Waals surface area contributed by atoms with Crippen LogP contribution in [0.1, 0.15) is 0 Å². The molecule has 0 atom stereocenters. The quantitative estimate of drug-likeness (QED) is 0.533. The van der Waals surface area contributed by atoms with Gasteiger partial charge in [-0.1, -0.05) is 48.0 Å². The summed E-state index contributed by atoms with van der Waals surface area (Å²) in [5.41, 5.74) is 3.77. The number of imidazole rings is 1. The monoisotopic (exact) mass is 311 g/mol. The minimum absolute atomic E-state index is 0.456. The van der Waals surface area contributed by atoms with Crippen molar-refractivity contribution in [1.82, 2.24) is 14.6 Å². The van der Waals surface area contributed by atoms with E-state index in [0.29, 0.717) is 5.15 Å². The van der Waals surface area contributed by atoms with Crippen LogP contribution in [0.5, 0.6) is 0 Å². The van der Waals surface area contributed by atoms with E-state index in [1.54, 1.807) is 17.4 Å². The molecule has 102 valence electrons. The second-order valence-electron chi connectivity index (χ2n) is 4.58. The first-order chi connectivity index (χ1) is 10.3. The fraction of sp³-hybridized carbons (Fsp3) is 0. The Labute approximate surface area is 130 Å². The zero-order valence-electron chi connectivity index (χ0n) is 10.9. The first-order valence-corrected chi connectivity index (χ1v) is 7.73. The Bertz CT molecular complexity index is 898. The highest BCUT2D eigenvalue weighted by molar-refractivity contribution is 7.13. The van der Waals surface area contributed by atoms with Crippen LogP contribution in [0.2, 0.25) is 5.15 Å². The minimum Gasteiger partial charge on any atom is -0.226 e. The average molecular weight is 312 g/mol. The van der Waals surface area contributed by atoms with Crippen LogP contribution in [0.15, 0.2) is 60.0 Å². The van der Waals surface area contributed by atoms with Crippen molar-refractivity contribution in [3.8, 4) is 21.8 Å². The number of thiophene rings is 1. The number of aromatic nitrogens is 3. The molecule has 0 radical (unpaired) electrons. The standard InChI is InChI=1S/C16H10ClN3S/c17-13-8-9-14-18-15(11-5-2-1-3-6-11)16(20(14)19-13)12-7-4-10-21-12/h1-10H. The van der Waals surface area contributed by atoms with Gasteiger partial charge >= 0.3 is 0 Å². The summed E-state index contributed by atoms with van der Waals surface area (Å²) in [5.74, 6) is 0. The number of nitrogens with zero attached hydrogens (tertiary/aromatic N) is 3. The van der Waals surface area contributed by atoms with Crippen molar-refractivity contribution < 1.29 is 0 Å². The molecule has 1 aromatic carbocycles. The van der Waals surface area contributed by atoms with Gasteiger partial charge in [0.2, 0.25) is 0 Å². The van der Waals surface area contributed by atoms with Gasteiger partial charge in [-0.05, 0) is 23.6 Å². The van der Waals surface area contributed by atoms with E-state index in [0.717, 1.165) is 27.5 Å². The Morgan fingerprint density at radius 1 is 0.952 bits per heavy atom. The highest BCUT2D eigenvalue weighted by Gasteiger charge is 2.17. The second kappa shape index (κ2) is 4.98. The molecule has 0 aliphatic carbocycles. The number of benzene rings is 1. The van der Waals surface area contributed by atoms with Gasteiger partial charge in [-0.2, -0.15) is 5.10 Å². The van der Waals surface area contributed by atoms with Crippen LogP contribution >= 0.6 is 22.9 Å². The summed E-state index contributed by atoms with van der Waals surface area (Å²) in [7, 11) is 0. The third-order valence-corrected chi connectivity index (χ3v) is 4.32. The van der Waals surface area contributed by atoms with Crippen molar-refractivity contribution in [2.45, 2.75) is 0 Å². The van der Waals surface area contributed by atoms with Crippen molar-refractivity contribution in [1.29, 1.82) is 0 Å². The fourth-order valence-corrected chi connectivity index (χ4v) is 3.24. The maximum Gasteiger partial charge on any atom is 0.155 e. The Morgan fingerprint density at radius 2 is 1.81 bits per heavy atom. The van der Waals surface area contributed by atoms with E-state index in [1.807, 2.05) is 40.2 Å². The fourth-order valence-electron chi connectivity index (χ4n) is 2.34. The van der Waals surface area contributed by atoms with Crippen molar-refractivity contribution in [3.63, 3.8) is 0 Å². The predicted octanol–water partition coefficient (Wildman–Crippen LogP) is 4.78. The van der Waals surface area contributed by atoms with E-state index in [4.69, 9.17) is 16.6 Å². The molecule has 0 fully saturated rings. The molecule has 4 rings (SSSR count). The lowest BCUT2D eigenvalue weighted by Crippen LogP contribution is -1.93.